The molecule has 0 N–H and O–H groups in total. The summed E-state index contributed by atoms with van der Waals surface area (Å²) >= 11 is 1.21. The number of benzene rings is 1. The van der Waals surface area contributed by atoms with Gasteiger partial charge in [0.25, 0.3) is 10.0 Å². The van der Waals surface area contributed by atoms with Crippen molar-refractivity contribution >= 4 is 27.0 Å². The predicted molar refractivity (Wildman–Crippen MR) is 107 cm³/mol. The molecular formula is C19H20N4O3S2. The standard InChI is InChI=1S/C19H20N4O3S2/c24-28(25,23-10-8-22(9-11-23)16-4-2-1-3-5-16)17-12-15(13-27-17)18-20-19(26-21-18)14-6-7-14/h1-5,12-14H,6-11H2. The number of para-hydroxylation sites is 1. The van der Waals surface area contributed by atoms with Gasteiger partial charge in [-0.25, -0.2) is 8.42 Å². The molecule has 5 rings (SSSR count). The summed E-state index contributed by atoms with van der Waals surface area (Å²) in [5.74, 6) is 1.50. The number of hydrogen-bond donors (Lipinski definition) is 0. The maximum Gasteiger partial charge on any atom is 0.252 e. The Bertz CT molecular complexity index is 1070. The monoisotopic (exact) mass is 416 g/mol. The first-order valence-corrected chi connectivity index (χ1v) is 11.7. The molecule has 3 aromatic rings. The molecule has 2 aromatic heterocycles. The zero-order valence-corrected chi connectivity index (χ0v) is 16.8. The van der Waals surface area contributed by atoms with E-state index in [1.807, 2.05) is 18.2 Å². The van der Waals surface area contributed by atoms with Gasteiger partial charge in [0.05, 0.1) is 0 Å². The lowest BCUT2D eigenvalue weighted by molar-refractivity contribution is 0.380. The Hall–Kier alpha value is -2.23. The van der Waals surface area contributed by atoms with Crippen LogP contribution in [0.5, 0.6) is 0 Å². The molecule has 9 heteroatoms. The number of nitrogens with zero attached hydrogens (tertiary/aromatic N) is 4. The molecule has 7 nitrogen and oxygen atoms in total. The molecule has 0 unspecified atom stereocenters. The van der Waals surface area contributed by atoms with Crippen LogP contribution in [0.3, 0.4) is 0 Å². The van der Waals surface area contributed by atoms with E-state index in [1.165, 1.54) is 11.3 Å². The van der Waals surface area contributed by atoms with Gasteiger partial charge in [0.1, 0.15) is 4.21 Å². The van der Waals surface area contributed by atoms with Crippen molar-refractivity contribution in [2.24, 2.45) is 0 Å². The van der Waals surface area contributed by atoms with Crippen LogP contribution in [0, 0.1) is 0 Å². The molecule has 3 heterocycles. The highest BCUT2D eigenvalue weighted by Crippen LogP contribution is 2.40. The van der Waals surface area contributed by atoms with Crippen LogP contribution in [0.4, 0.5) is 5.69 Å². The molecule has 0 radical (unpaired) electrons. The van der Waals surface area contributed by atoms with Gasteiger partial charge in [0.15, 0.2) is 0 Å². The van der Waals surface area contributed by atoms with Crippen molar-refractivity contribution in [2.75, 3.05) is 31.1 Å². The van der Waals surface area contributed by atoms with Crippen LogP contribution in [-0.4, -0.2) is 49.0 Å². The fourth-order valence-electron chi connectivity index (χ4n) is 3.37. The average molecular weight is 417 g/mol. The van der Waals surface area contributed by atoms with Gasteiger partial charge in [0, 0.05) is 48.7 Å². The summed E-state index contributed by atoms with van der Waals surface area (Å²) < 4.78 is 33.3. The van der Waals surface area contributed by atoms with E-state index >= 15 is 0 Å². The summed E-state index contributed by atoms with van der Waals surface area (Å²) in [4.78, 5) is 6.62. The van der Waals surface area contributed by atoms with Crippen molar-refractivity contribution < 1.29 is 12.9 Å². The van der Waals surface area contributed by atoms with Gasteiger partial charge >= 0.3 is 0 Å². The molecule has 0 atom stereocenters. The highest BCUT2D eigenvalue weighted by molar-refractivity contribution is 7.91. The van der Waals surface area contributed by atoms with Crippen LogP contribution in [0.15, 0.2) is 50.5 Å². The normalized spacial score (nSPS) is 18.5. The van der Waals surface area contributed by atoms with Crippen LogP contribution in [0.1, 0.15) is 24.7 Å². The second kappa shape index (κ2) is 6.98. The molecule has 28 heavy (non-hydrogen) atoms. The summed E-state index contributed by atoms with van der Waals surface area (Å²) in [5.41, 5.74) is 1.82. The molecule has 146 valence electrons. The molecule has 0 amide bonds. The second-order valence-electron chi connectivity index (χ2n) is 7.11. The Labute approximate surface area is 167 Å². The van der Waals surface area contributed by atoms with E-state index in [1.54, 1.807) is 15.8 Å². The Kier molecular flexibility index (Phi) is 4.45. The molecule has 0 spiro atoms. The van der Waals surface area contributed by atoms with E-state index in [-0.39, 0.29) is 0 Å². The smallest absolute Gasteiger partial charge is 0.252 e. The Balaban J connectivity index is 1.30. The first-order chi connectivity index (χ1) is 13.6. The van der Waals surface area contributed by atoms with Crippen LogP contribution < -0.4 is 4.90 Å². The predicted octanol–water partition coefficient (Wildman–Crippen LogP) is 3.19. The third kappa shape index (κ3) is 3.34. The summed E-state index contributed by atoms with van der Waals surface area (Å²) in [5, 5.41) is 5.79. The SMILES string of the molecule is O=S(=O)(c1cc(-c2noc(C3CC3)n2)cs1)N1CCN(c2ccccc2)CC1. The number of rotatable bonds is 5. The lowest BCUT2D eigenvalue weighted by Gasteiger charge is -2.35. The maximum absolute atomic E-state index is 13.1. The topological polar surface area (TPSA) is 79.5 Å². The molecule has 1 aliphatic carbocycles. The fourth-order valence-corrected chi connectivity index (χ4v) is 6.10. The fraction of sp³-hybridized carbons (Fsp3) is 0.368. The van der Waals surface area contributed by atoms with E-state index < -0.39 is 10.0 Å². The molecule has 1 aromatic carbocycles. The molecular weight excluding hydrogens is 396 g/mol. The molecule has 1 aliphatic heterocycles. The van der Waals surface area contributed by atoms with E-state index in [0.717, 1.165) is 18.5 Å². The number of hydrogen-bond acceptors (Lipinski definition) is 7. The summed E-state index contributed by atoms with van der Waals surface area (Å²) in [7, 11) is -3.51. The largest absolute Gasteiger partial charge is 0.369 e. The van der Waals surface area contributed by atoms with Crippen LogP contribution in [-0.2, 0) is 10.0 Å². The third-order valence-corrected chi connectivity index (χ3v) is 8.47. The minimum atomic E-state index is -3.51. The zero-order valence-electron chi connectivity index (χ0n) is 15.2. The first-order valence-electron chi connectivity index (χ1n) is 9.34. The Morgan fingerprint density at radius 3 is 2.54 bits per heavy atom. The Morgan fingerprint density at radius 1 is 1.07 bits per heavy atom. The van der Waals surface area contributed by atoms with Crippen LogP contribution in [0.25, 0.3) is 11.4 Å². The average Bonchev–Trinajstić information content (AvgIpc) is 3.25. The van der Waals surface area contributed by atoms with Crippen molar-refractivity contribution in [2.45, 2.75) is 23.0 Å². The van der Waals surface area contributed by atoms with E-state index in [4.69, 9.17) is 4.52 Å². The summed E-state index contributed by atoms with van der Waals surface area (Å²) in [6.45, 7) is 2.30. The third-order valence-electron chi connectivity index (χ3n) is 5.16. The lowest BCUT2D eigenvalue weighted by atomic mass is 10.2. The minimum Gasteiger partial charge on any atom is -0.369 e. The molecule has 1 saturated heterocycles. The second-order valence-corrected chi connectivity index (χ2v) is 10.2. The van der Waals surface area contributed by atoms with Crippen LogP contribution >= 0.6 is 11.3 Å². The van der Waals surface area contributed by atoms with Gasteiger partial charge in [0.2, 0.25) is 11.7 Å². The van der Waals surface area contributed by atoms with Crippen LogP contribution in [0.2, 0.25) is 0 Å². The number of anilines is 1. The zero-order chi connectivity index (χ0) is 19.1. The van der Waals surface area contributed by atoms with E-state index in [0.29, 0.717) is 53.6 Å². The van der Waals surface area contributed by atoms with Crippen molar-refractivity contribution in [3.63, 3.8) is 0 Å². The van der Waals surface area contributed by atoms with Gasteiger partial charge in [-0.15, -0.1) is 11.3 Å². The highest BCUT2D eigenvalue weighted by Gasteiger charge is 2.32. The molecule has 0 bridgehead atoms. The van der Waals surface area contributed by atoms with Crippen molar-refractivity contribution in [1.29, 1.82) is 0 Å². The quantitative estimate of drug-likeness (QED) is 0.636. The van der Waals surface area contributed by atoms with Gasteiger partial charge in [-0.05, 0) is 31.0 Å². The van der Waals surface area contributed by atoms with Gasteiger partial charge in [-0.1, -0.05) is 23.4 Å². The van der Waals surface area contributed by atoms with Crippen molar-refractivity contribution in [1.82, 2.24) is 14.4 Å². The van der Waals surface area contributed by atoms with Gasteiger partial charge in [-0.2, -0.15) is 9.29 Å². The van der Waals surface area contributed by atoms with Gasteiger partial charge in [-0.3, -0.25) is 0 Å². The molecule has 2 fully saturated rings. The van der Waals surface area contributed by atoms with Crippen molar-refractivity contribution in [3.05, 3.63) is 47.7 Å². The first kappa shape index (κ1) is 17.8. The van der Waals surface area contributed by atoms with Crippen molar-refractivity contribution in [3.8, 4) is 11.4 Å². The lowest BCUT2D eigenvalue weighted by Crippen LogP contribution is -2.48. The summed E-state index contributed by atoms with van der Waals surface area (Å²) in [6.07, 6.45) is 2.17. The number of aromatic nitrogens is 2. The maximum atomic E-state index is 13.1. The highest BCUT2D eigenvalue weighted by atomic mass is 32.2. The Morgan fingerprint density at radius 2 is 1.82 bits per heavy atom. The van der Waals surface area contributed by atoms with E-state index in [2.05, 4.69) is 27.2 Å². The summed E-state index contributed by atoms with van der Waals surface area (Å²) in [6, 6.07) is 11.7. The number of piperazine rings is 1. The van der Waals surface area contributed by atoms with E-state index in [9.17, 15) is 8.42 Å². The number of sulfonamides is 1. The molecule has 2 aliphatic rings. The van der Waals surface area contributed by atoms with Gasteiger partial charge < -0.3 is 9.42 Å². The minimum absolute atomic E-state index is 0.327. The molecule has 1 saturated carbocycles. The number of thiophene rings is 1.